The van der Waals surface area contributed by atoms with Crippen molar-refractivity contribution in [2.45, 2.75) is 52.7 Å². The van der Waals surface area contributed by atoms with Crippen LogP contribution in [0, 0.1) is 0 Å². The summed E-state index contributed by atoms with van der Waals surface area (Å²) in [4.78, 5) is 0. The lowest BCUT2D eigenvalue weighted by Crippen LogP contribution is -2.27. The average molecular weight is 228 g/mol. The van der Waals surface area contributed by atoms with Gasteiger partial charge in [-0.2, -0.15) is 0 Å². The van der Waals surface area contributed by atoms with Gasteiger partial charge in [0.15, 0.2) is 0 Å². The Hall–Kier alpha value is -0.540. The van der Waals surface area contributed by atoms with Crippen molar-refractivity contribution in [3.05, 3.63) is 11.3 Å². The normalized spacial score (nSPS) is 34.8. The average Bonchev–Trinajstić information content (AvgIpc) is 2.27. The molecular weight excluding hydrogens is 204 g/mol. The molecule has 2 atom stereocenters. The van der Waals surface area contributed by atoms with Gasteiger partial charge in [0.2, 0.25) is 0 Å². The molecule has 0 aliphatic carbocycles. The van der Waals surface area contributed by atoms with Crippen LogP contribution in [0.2, 0.25) is 0 Å². The lowest BCUT2D eigenvalue weighted by atomic mass is 10.2. The minimum atomic E-state index is 0.127. The fourth-order valence-electron chi connectivity index (χ4n) is 1.45. The van der Waals surface area contributed by atoms with Gasteiger partial charge in [0, 0.05) is 6.61 Å². The molecule has 1 aliphatic rings. The smallest absolute Gasteiger partial charge is 0.0941 e. The van der Waals surface area contributed by atoms with Gasteiger partial charge in [0.25, 0.3) is 0 Å². The van der Waals surface area contributed by atoms with Crippen LogP contribution in [-0.4, -0.2) is 32.0 Å². The Balaban J connectivity index is 2.56. The van der Waals surface area contributed by atoms with Gasteiger partial charge in [0.05, 0.1) is 31.2 Å². The Morgan fingerprint density at radius 2 is 1.56 bits per heavy atom. The third kappa shape index (κ3) is 4.54. The summed E-state index contributed by atoms with van der Waals surface area (Å²) in [5, 5.41) is 0. The molecule has 0 unspecified atom stereocenters. The highest BCUT2D eigenvalue weighted by atomic mass is 16.5. The summed E-state index contributed by atoms with van der Waals surface area (Å²) >= 11 is 0. The largest absolute Gasteiger partial charge is 0.498 e. The van der Waals surface area contributed by atoms with Crippen LogP contribution in [0.15, 0.2) is 11.3 Å². The molecule has 16 heavy (non-hydrogen) atoms. The summed E-state index contributed by atoms with van der Waals surface area (Å²) in [5.74, 6) is 1.00. The van der Waals surface area contributed by atoms with Crippen LogP contribution in [0.4, 0.5) is 0 Å². The van der Waals surface area contributed by atoms with E-state index in [9.17, 15) is 0 Å². The van der Waals surface area contributed by atoms with Gasteiger partial charge in [-0.05, 0) is 46.1 Å². The van der Waals surface area contributed by atoms with Gasteiger partial charge in [0.1, 0.15) is 0 Å². The molecule has 0 radical (unpaired) electrons. The van der Waals surface area contributed by atoms with Crippen molar-refractivity contribution in [1.82, 2.24) is 0 Å². The molecule has 1 aliphatic heterocycles. The molecule has 0 saturated heterocycles. The lowest BCUT2D eigenvalue weighted by Gasteiger charge is -2.22. The Bertz CT molecular complexity index is 235. The number of hydrogen-bond donors (Lipinski definition) is 0. The third-order valence-electron chi connectivity index (χ3n) is 3.06. The maximum atomic E-state index is 5.75. The molecule has 94 valence electrons. The molecule has 3 heteroatoms. The Morgan fingerprint density at radius 3 is 2.31 bits per heavy atom. The summed E-state index contributed by atoms with van der Waals surface area (Å²) in [5.41, 5.74) is 1.17. The van der Waals surface area contributed by atoms with Gasteiger partial charge in [-0.3, -0.25) is 0 Å². The highest BCUT2D eigenvalue weighted by Gasteiger charge is 2.14. The van der Waals surface area contributed by atoms with Crippen LogP contribution in [0.25, 0.3) is 0 Å². The highest BCUT2D eigenvalue weighted by molar-refractivity contribution is 5.03. The second-order valence-corrected chi connectivity index (χ2v) is 4.48. The zero-order valence-corrected chi connectivity index (χ0v) is 10.9. The molecule has 1 heterocycles. The SMILES string of the molecule is C/C1=C(\C)OCCCCO[C@@H](C)[C@@H](C)OC1. The summed E-state index contributed by atoms with van der Waals surface area (Å²) in [6.07, 6.45) is 2.38. The molecule has 0 bridgehead atoms. The van der Waals surface area contributed by atoms with Crippen LogP contribution >= 0.6 is 0 Å². The molecule has 0 fully saturated rings. The monoisotopic (exact) mass is 228 g/mol. The Kier molecular flexibility index (Phi) is 5.85. The number of allylic oxidation sites excluding steroid dienone is 1. The van der Waals surface area contributed by atoms with Crippen LogP contribution < -0.4 is 0 Å². The molecule has 0 saturated carbocycles. The van der Waals surface area contributed by atoms with E-state index in [2.05, 4.69) is 20.8 Å². The van der Waals surface area contributed by atoms with E-state index in [0.29, 0.717) is 6.61 Å². The first kappa shape index (κ1) is 13.5. The van der Waals surface area contributed by atoms with Crippen LogP contribution in [-0.2, 0) is 14.2 Å². The van der Waals surface area contributed by atoms with Crippen molar-refractivity contribution in [3.8, 4) is 0 Å². The second kappa shape index (κ2) is 6.92. The summed E-state index contributed by atoms with van der Waals surface area (Å²) in [7, 11) is 0. The number of hydrogen-bond acceptors (Lipinski definition) is 3. The van der Waals surface area contributed by atoms with Crippen molar-refractivity contribution in [1.29, 1.82) is 0 Å². The maximum Gasteiger partial charge on any atom is 0.0941 e. The third-order valence-corrected chi connectivity index (χ3v) is 3.06. The van der Waals surface area contributed by atoms with Crippen molar-refractivity contribution in [3.63, 3.8) is 0 Å². The predicted molar refractivity (Wildman–Crippen MR) is 64.4 cm³/mol. The van der Waals surface area contributed by atoms with E-state index in [-0.39, 0.29) is 12.2 Å². The molecule has 1 rings (SSSR count). The fourth-order valence-corrected chi connectivity index (χ4v) is 1.45. The zero-order chi connectivity index (χ0) is 12.0. The van der Waals surface area contributed by atoms with Gasteiger partial charge in [-0.25, -0.2) is 0 Å². The molecule has 0 amide bonds. The first-order valence-electron chi connectivity index (χ1n) is 6.13. The van der Waals surface area contributed by atoms with E-state index in [0.717, 1.165) is 31.8 Å². The maximum absolute atomic E-state index is 5.75. The summed E-state index contributed by atoms with van der Waals surface area (Å²) < 4.78 is 17.1. The summed E-state index contributed by atoms with van der Waals surface area (Å²) in [6, 6.07) is 0. The second-order valence-electron chi connectivity index (χ2n) is 4.48. The van der Waals surface area contributed by atoms with Gasteiger partial charge >= 0.3 is 0 Å². The van der Waals surface area contributed by atoms with Gasteiger partial charge in [-0.15, -0.1) is 0 Å². The molecule has 0 aromatic rings. The lowest BCUT2D eigenvalue weighted by molar-refractivity contribution is -0.0534. The minimum absolute atomic E-state index is 0.127. The van der Waals surface area contributed by atoms with Gasteiger partial charge in [-0.1, -0.05) is 0 Å². The topological polar surface area (TPSA) is 27.7 Å². The molecule has 0 aromatic heterocycles. The molecule has 3 nitrogen and oxygen atoms in total. The minimum Gasteiger partial charge on any atom is -0.498 e. The van der Waals surface area contributed by atoms with E-state index < -0.39 is 0 Å². The van der Waals surface area contributed by atoms with Crippen LogP contribution in [0.1, 0.15) is 40.5 Å². The molecule has 0 aromatic carbocycles. The Morgan fingerprint density at radius 1 is 0.938 bits per heavy atom. The van der Waals surface area contributed by atoms with Crippen molar-refractivity contribution < 1.29 is 14.2 Å². The highest BCUT2D eigenvalue weighted by Crippen LogP contribution is 2.12. The molecular formula is C13H24O3. The van der Waals surface area contributed by atoms with Gasteiger partial charge < -0.3 is 14.2 Å². The van der Waals surface area contributed by atoms with E-state index >= 15 is 0 Å². The first-order valence-corrected chi connectivity index (χ1v) is 6.13. The summed E-state index contributed by atoms with van der Waals surface area (Å²) in [6.45, 7) is 10.4. The van der Waals surface area contributed by atoms with Crippen molar-refractivity contribution in [2.75, 3.05) is 19.8 Å². The zero-order valence-electron chi connectivity index (χ0n) is 10.9. The first-order chi connectivity index (χ1) is 7.61. The predicted octanol–water partition coefficient (Wildman–Crippen LogP) is 2.90. The number of ether oxygens (including phenoxy) is 3. The van der Waals surface area contributed by atoms with Crippen molar-refractivity contribution >= 4 is 0 Å². The standard InChI is InChI=1S/C13H24O3/c1-10-9-16-13(4)12(3)15-8-6-5-7-14-11(10)2/h12-13H,5-9H2,1-4H3/b11-10-/t12-,13+/m0/s1. The number of rotatable bonds is 0. The van der Waals surface area contributed by atoms with Crippen molar-refractivity contribution in [2.24, 2.45) is 0 Å². The Labute approximate surface area is 98.8 Å². The van der Waals surface area contributed by atoms with Crippen LogP contribution in [0.3, 0.4) is 0 Å². The molecule has 0 spiro atoms. The van der Waals surface area contributed by atoms with Crippen LogP contribution in [0.5, 0.6) is 0 Å². The van der Waals surface area contributed by atoms with E-state index in [1.54, 1.807) is 0 Å². The quantitative estimate of drug-likeness (QED) is 0.638. The van der Waals surface area contributed by atoms with E-state index in [1.165, 1.54) is 5.57 Å². The van der Waals surface area contributed by atoms with E-state index in [1.807, 2.05) is 6.92 Å². The molecule has 0 N–H and O–H groups in total. The fraction of sp³-hybridized carbons (Fsp3) is 0.846. The van der Waals surface area contributed by atoms with E-state index in [4.69, 9.17) is 14.2 Å².